The summed E-state index contributed by atoms with van der Waals surface area (Å²) in [6.45, 7) is 7.81. The van der Waals surface area contributed by atoms with Crippen LogP contribution in [0.2, 0.25) is 0 Å². The van der Waals surface area contributed by atoms with E-state index in [2.05, 4.69) is 10.2 Å². The molecule has 3 atom stereocenters. The molecule has 0 aromatic rings. The quantitative estimate of drug-likeness (QED) is 0.575. The summed E-state index contributed by atoms with van der Waals surface area (Å²) in [7, 11) is 0. The summed E-state index contributed by atoms with van der Waals surface area (Å²) in [6, 6.07) is 0.0660. The summed E-state index contributed by atoms with van der Waals surface area (Å²) in [4.78, 5) is 26.9. The van der Waals surface area contributed by atoms with Gasteiger partial charge in [-0.25, -0.2) is 0 Å². The maximum Gasteiger partial charge on any atom is 0.235 e. The van der Waals surface area contributed by atoms with Gasteiger partial charge in [-0.1, -0.05) is 26.2 Å². The molecule has 0 aromatic heterocycles. The number of fused-ring (bicyclic) bond motifs is 1. The molecule has 0 aromatic carbocycles. The van der Waals surface area contributed by atoms with Crippen molar-refractivity contribution in [1.82, 2.24) is 4.90 Å². The monoisotopic (exact) mass is 293 g/mol. The lowest BCUT2D eigenvalue weighted by atomic mass is 9.81. The van der Waals surface area contributed by atoms with Crippen molar-refractivity contribution in [2.75, 3.05) is 0 Å². The average Bonchev–Trinajstić information content (AvgIpc) is 2.70. The lowest BCUT2D eigenvalue weighted by molar-refractivity contribution is -0.147. The van der Waals surface area contributed by atoms with Crippen molar-refractivity contribution in [2.45, 2.75) is 77.9 Å². The van der Waals surface area contributed by atoms with E-state index in [0.717, 1.165) is 32.1 Å². The van der Waals surface area contributed by atoms with Gasteiger partial charge in [0.1, 0.15) is 0 Å². The molecule has 2 aliphatic rings. The fraction of sp³-hybridized carbons (Fsp3) is 0.875. The van der Waals surface area contributed by atoms with Crippen LogP contribution < -0.4 is 0 Å². The average molecular weight is 293 g/mol. The minimum Gasteiger partial charge on any atom is -0.274 e. The van der Waals surface area contributed by atoms with Crippen molar-refractivity contribution in [3.05, 3.63) is 0 Å². The summed E-state index contributed by atoms with van der Waals surface area (Å²) in [5, 5.41) is 8.62. The van der Waals surface area contributed by atoms with Crippen LogP contribution in [0.5, 0.6) is 0 Å². The second kappa shape index (κ2) is 6.24. The van der Waals surface area contributed by atoms with Gasteiger partial charge in [0.2, 0.25) is 11.8 Å². The van der Waals surface area contributed by atoms with Crippen molar-refractivity contribution in [2.24, 2.45) is 22.1 Å². The van der Waals surface area contributed by atoms with E-state index in [4.69, 9.17) is 0 Å². The lowest BCUT2D eigenvalue weighted by Gasteiger charge is -2.33. The molecular weight excluding hydrogens is 266 g/mol. The van der Waals surface area contributed by atoms with Gasteiger partial charge < -0.3 is 0 Å². The fourth-order valence-electron chi connectivity index (χ4n) is 3.56. The van der Waals surface area contributed by atoms with Crippen LogP contribution in [0.3, 0.4) is 0 Å². The van der Waals surface area contributed by atoms with Gasteiger partial charge in [0.15, 0.2) is 5.66 Å². The number of amides is 2. The zero-order chi connectivity index (χ0) is 15.6. The highest BCUT2D eigenvalue weighted by molar-refractivity contribution is 6.05. The Morgan fingerprint density at radius 1 is 1.19 bits per heavy atom. The number of likely N-dealkylation sites (tertiary alicyclic amines) is 1. The van der Waals surface area contributed by atoms with E-state index < -0.39 is 5.66 Å². The Morgan fingerprint density at radius 3 is 2.14 bits per heavy atom. The highest BCUT2D eigenvalue weighted by Crippen LogP contribution is 2.42. The molecule has 1 heterocycles. The molecule has 5 nitrogen and oxygen atoms in total. The van der Waals surface area contributed by atoms with E-state index in [1.54, 1.807) is 0 Å². The molecule has 0 spiro atoms. The first-order valence-electron chi connectivity index (χ1n) is 8.20. The molecule has 2 fully saturated rings. The molecule has 21 heavy (non-hydrogen) atoms. The Kier molecular flexibility index (Phi) is 4.79. The molecule has 1 saturated heterocycles. The Balaban J connectivity index is 2.31. The van der Waals surface area contributed by atoms with Gasteiger partial charge in [0.05, 0.1) is 17.9 Å². The smallest absolute Gasteiger partial charge is 0.235 e. The van der Waals surface area contributed by atoms with Crippen molar-refractivity contribution >= 4 is 11.8 Å². The second-order valence-electron chi connectivity index (χ2n) is 6.79. The zero-order valence-electron chi connectivity index (χ0n) is 13.6. The van der Waals surface area contributed by atoms with E-state index in [9.17, 15) is 9.59 Å². The number of imide groups is 1. The molecule has 118 valence electrons. The van der Waals surface area contributed by atoms with Crippen LogP contribution in [0.1, 0.15) is 66.2 Å². The number of hydrogen-bond acceptors (Lipinski definition) is 4. The van der Waals surface area contributed by atoms with Gasteiger partial charge in [0, 0.05) is 0 Å². The number of hydrogen-bond donors (Lipinski definition) is 0. The highest BCUT2D eigenvalue weighted by atomic mass is 16.2. The van der Waals surface area contributed by atoms with Gasteiger partial charge in [-0.05, 0) is 40.0 Å². The molecule has 1 saturated carbocycles. The number of azo groups is 1. The Morgan fingerprint density at radius 2 is 1.71 bits per heavy atom. The maximum absolute atomic E-state index is 12.7. The van der Waals surface area contributed by atoms with Crippen molar-refractivity contribution < 1.29 is 9.59 Å². The second-order valence-corrected chi connectivity index (χ2v) is 6.79. The molecule has 3 unspecified atom stereocenters. The Bertz CT molecular complexity index is 423. The number of carbonyl (C=O) groups is 2. The fourth-order valence-corrected chi connectivity index (χ4v) is 3.56. The van der Waals surface area contributed by atoms with Crippen molar-refractivity contribution in [1.29, 1.82) is 0 Å². The van der Waals surface area contributed by atoms with E-state index in [0.29, 0.717) is 6.42 Å². The first kappa shape index (κ1) is 16.1. The third-order valence-electron chi connectivity index (χ3n) is 4.55. The van der Waals surface area contributed by atoms with Crippen molar-refractivity contribution in [3.8, 4) is 0 Å². The van der Waals surface area contributed by atoms with Gasteiger partial charge in [0.25, 0.3) is 0 Å². The third kappa shape index (κ3) is 3.01. The third-order valence-corrected chi connectivity index (χ3v) is 4.55. The maximum atomic E-state index is 12.7. The predicted molar refractivity (Wildman–Crippen MR) is 80.6 cm³/mol. The summed E-state index contributed by atoms with van der Waals surface area (Å²) >= 11 is 0. The van der Waals surface area contributed by atoms with Crippen LogP contribution in [-0.4, -0.2) is 28.4 Å². The van der Waals surface area contributed by atoms with Crippen LogP contribution in [0.25, 0.3) is 0 Å². The van der Waals surface area contributed by atoms with Crippen LogP contribution in [0.15, 0.2) is 10.2 Å². The SMILES string of the molecule is CCCC(C)(N=NC(C)C)N1C(=O)C2CCCCC2C1=O. The van der Waals surface area contributed by atoms with E-state index in [1.807, 2.05) is 27.7 Å². The first-order chi connectivity index (χ1) is 9.90. The zero-order valence-corrected chi connectivity index (χ0v) is 13.6. The molecule has 2 rings (SSSR count). The summed E-state index contributed by atoms with van der Waals surface area (Å²) in [5.74, 6) is -0.278. The van der Waals surface area contributed by atoms with Gasteiger partial charge in [-0.3, -0.25) is 14.5 Å². The van der Waals surface area contributed by atoms with Crippen LogP contribution in [-0.2, 0) is 9.59 Å². The van der Waals surface area contributed by atoms with Crippen LogP contribution in [0.4, 0.5) is 0 Å². The van der Waals surface area contributed by atoms with Crippen LogP contribution >= 0.6 is 0 Å². The first-order valence-corrected chi connectivity index (χ1v) is 8.20. The lowest BCUT2D eigenvalue weighted by Crippen LogP contribution is -2.49. The van der Waals surface area contributed by atoms with Gasteiger partial charge in [-0.2, -0.15) is 10.2 Å². The topological polar surface area (TPSA) is 62.1 Å². The van der Waals surface area contributed by atoms with E-state index in [-0.39, 0.29) is 29.7 Å². The molecule has 0 N–H and O–H groups in total. The number of rotatable bonds is 5. The van der Waals surface area contributed by atoms with E-state index >= 15 is 0 Å². The molecule has 0 bridgehead atoms. The standard InChI is InChI=1S/C16H27N3O2/c1-5-10-16(4,18-17-11(2)3)19-14(20)12-8-6-7-9-13(12)15(19)21/h11-13H,5-10H2,1-4H3. The largest absolute Gasteiger partial charge is 0.274 e. The molecule has 1 aliphatic heterocycles. The highest BCUT2D eigenvalue weighted by Gasteiger charge is 2.54. The summed E-state index contributed by atoms with van der Waals surface area (Å²) in [5.41, 5.74) is -0.815. The molecule has 5 heteroatoms. The molecule has 0 radical (unpaired) electrons. The number of carbonyl (C=O) groups excluding carboxylic acids is 2. The van der Waals surface area contributed by atoms with Crippen LogP contribution in [0, 0.1) is 11.8 Å². The Hall–Kier alpha value is -1.26. The molecule has 2 amide bonds. The minimum absolute atomic E-state index is 0.0247. The summed E-state index contributed by atoms with van der Waals surface area (Å²) < 4.78 is 0. The van der Waals surface area contributed by atoms with E-state index in [1.165, 1.54) is 4.90 Å². The Labute approximate surface area is 127 Å². The molecule has 1 aliphatic carbocycles. The predicted octanol–water partition coefficient (Wildman–Crippen LogP) is 3.54. The van der Waals surface area contributed by atoms with Gasteiger partial charge in [-0.15, -0.1) is 0 Å². The van der Waals surface area contributed by atoms with Crippen molar-refractivity contribution in [3.63, 3.8) is 0 Å². The minimum atomic E-state index is -0.815. The summed E-state index contributed by atoms with van der Waals surface area (Å²) in [6.07, 6.45) is 5.31. The molecular formula is C16H27N3O2. The van der Waals surface area contributed by atoms with Gasteiger partial charge >= 0.3 is 0 Å². The number of nitrogens with zero attached hydrogens (tertiary/aromatic N) is 3. The normalized spacial score (nSPS) is 29.3.